The lowest BCUT2D eigenvalue weighted by Crippen LogP contribution is -2.53. The summed E-state index contributed by atoms with van der Waals surface area (Å²) >= 11 is 0. The molecule has 0 aromatic heterocycles. The molecule has 0 aliphatic rings. The Balaban J connectivity index is 5.19. The number of amides is 1. The molecule has 9 nitrogen and oxygen atoms in total. The molecule has 6 N–H and O–H groups in total. The van der Waals surface area contributed by atoms with Gasteiger partial charge in [-0.15, -0.1) is 0 Å². The van der Waals surface area contributed by atoms with E-state index in [1.165, 1.54) is 0 Å². The Morgan fingerprint density at radius 3 is 2.19 bits per heavy atom. The van der Waals surface area contributed by atoms with E-state index in [-0.39, 0.29) is 24.7 Å². The highest BCUT2D eigenvalue weighted by Crippen LogP contribution is 2.41. The van der Waals surface area contributed by atoms with E-state index in [0.717, 1.165) is 6.54 Å². The quantitative estimate of drug-likeness (QED) is 0.257. The van der Waals surface area contributed by atoms with E-state index in [1.54, 1.807) is 6.92 Å². The maximum atomic E-state index is 12.8. The summed E-state index contributed by atoms with van der Waals surface area (Å²) in [6, 6.07) is -1.50. The summed E-state index contributed by atoms with van der Waals surface area (Å²) in [5, 5.41) is 5.51. The summed E-state index contributed by atoms with van der Waals surface area (Å²) in [7, 11) is -0.535. The summed E-state index contributed by atoms with van der Waals surface area (Å²) in [4.78, 5) is 45.8. The molecule has 27 heavy (non-hydrogen) atoms. The molecule has 0 aromatic rings. The van der Waals surface area contributed by atoms with Gasteiger partial charge in [0.25, 0.3) is 0 Å². The van der Waals surface area contributed by atoms with Crippen molar-refractivity contribution in [3.05, 3.63) is 0 Å². The van der Waals surface area contributed by atoms with Crippen molar-refractivity contribution >= 4 is 19.3 Å². The number of rotatable bonds is 14. The van der Waals surface area contributed by atoms with Gasteiger partial charge in [-0.3, -0.25) is 19.5 Å². The van der Waals surface area contributed by atoms with Crippen LogP contribution < -0.4 is 16.4 Å². The maximum absolute atomic E-state index is 12.8. The lowest BCUT2D eigenvalue weighted by molar-refractivity contribution is -0.129. The third-order valence-electron chi connectivity index (χ3n) is 4.21. The van der Waals surface area contributed by atoms with Gasteiger partial charge >= 0.3 is 7.60 Å². The van der Waals surface area contributed by atoms with Crippen molar-refractivity contribution in [3.8, 4) is 0 Å². The molecule has 0 heterocycles. The SMILES string of the molecule is CC[C@H](N[C@@H](CC(C)C)C(=O)N[C@@H](CCCN(C)C)C(=O)CN)P(=O)(O)O. The lowest BCUT2D eigenvalue weighted by Gasteiger charge is -2.28. The number of nitrogens with zero attached hydrogens (tertiary/aromatic N) is 1. The Morgan fingerprint density at radius 2 is 1.78 bits per heavy atom. The zero-order valence-electron chi connectivity index (χ0n) is 17.1. The van der Waals surface area contributed by atoms with Crippen LogP contribution in [-0.4, -0.2) is 71.4 Å². The monoisotopic (exact) mass is 408 g/mol. The van der Waals surface area contributed by atoms with E-state index in [2.05, 4.69) is 10.6 Å². The van der Waals surface area contributed by atoms with Gasteiger partial charge in [-0.05, 0) is 52.2 Å². The van der Waals surface area contributed by atoms with E-state index in [4.69, 9.17) is 5.73 Å². The Kier molecular flexibility index (Phi) is 12.2. The van der Waals surface area contributed by atoms with Crippen LogP contribution in [0.1, 0.15) is 46.5 Å². The van der Waals surface area contributed by atoms with Crippen LogP contribution in [0.4, 0.5) is 0 Å². The molecule has 0 radical (unpaired) electrons. The number of nitrogens with one attached hydrogen (secondary N) is 2. The number of nitrogens with two attached hydrogens (primary N) is 1. The molecule has 0 aromatic carbocycles. The first-order valence-corrected chi connectivity index (χ1v) is 11.1. The molecule has 0 aliphatic carbocycles. The lowest BCUT2D eigenvalue weighted by atomic mass is 10.0. The smallest absolute Gasteiger partial charge is 0.342 e. The summed E-state index contributed by atoms with van der Waals surface area (Å²) in [6.45, 7) is 6.08. The fourth-order valence-corrected chi connectivity index (χ4v) is 3.60. The summed E-state index contributed by atoms with van der Waals surface area (Å²) in [6.07, 6.45) is 1.75. The topological polar surface area (TPSA) is 145 Å². The molecule has 3 atom stereocenters. The normalized spacial score (nSPS) is 15.6. The third kappa shape index (κ3) is 10.9. The summed E-state index contributed by atoms with van der Waals surface area (Å²) in [5.74, 6) is -1.68. The van der Waals surface area contributed by atoms with Gasteiger partial charge in [0.1, 0.15) is 5.78 Å². The fourth-order valence-electron chi connectivity index (χ4n) is 2.75. The maximum Gasteiger partial charge on any atom is 0.342 e. The Bertz CT molecular complexity index is 510. The largest absolute Gasteiger partial charge is 0.345 e. The van der Waals surface area contributed by atoms with Gasteiger partial charge in [0.15, 0.2) is 5.78 Å². The molecule has 0 bridgehead atoms. The van der Waals surface area contributed by atoms with Crippen LogP contribution in [0.3, 0.4) is 0 Å². The van der Waals surface area contributed by atoms with Crippen LogP contribution in [0.5, 0.6) is 0 Å². The van der Waals surface area contributed by atoms with E-state index in [1.807, 2.05) is 32.8 Å². The number of carbonyl (C=O) groups is 2. The minimum atomic E-state index is -4.38. The van der Waals surface area contributed by atoms with Gasteiger partial charge < -0.3 is 25.7 Å². The molecule has 0 spiro atoms. The number of ketones is 1. The molecule has 0 saturated carbocycles. The Morgan fingerprint density at radius 1 is 1.19 bits per heavy atom. The molecular formula is C17H37N4O5P. The summed E-state index contributed by atoms with van der Waals surface area (Å²) in [5.41, 5.74) is 5.47. The van der Waals surface area contributed by atoms with Gasteiger partial charge in [-0.2, -0.15) is 0 Å². The molecule has 10 heteroatoms. The number of carbonyl (C=O) groups excluding carboxylic acids is 2. The van der Waals surface area contributed by atoms with Crippen molar-refractivity contribution in [1.82, 2.24) is 15.5 Å². The van der Waals surface area contributed by atoms with E-state index < -0.39 is 31.4 Å². The van der Waals surface area contributed by atoms with Gasteiger partial charge in [0.2, 0.25) is 5.91 Å². The van der Waals surface area contributed by atoms with Crippen molar-refractivity contribution in [2.45, 2.75) is 64.3 Å². The second kappa shape index (κ2) is 12.6. The van der Waals surface area contributed by atoms with Gasteiger partial charge in [-0.1, -0.05) is 20.8 Å². The zero-order chi connectivity index (χ0) is 21.2. The van der Waals surface area contributed by atoms with Crippen LogP contribution in [-0.2, 0) is 14.2 Å². The van der Waals surface area contributed by atoms with Crippen LogP contribution >= 0.6 is 7.60 Å². The number of hydrogen-bond acceptors (Lipinski definition) is 6. The first-order chi connectivity index (χ1) is 12.4. The molecular weight excluding hydrogens is 371 g/mol. The van der Waals surface area contributed by atoms with E-state index in [0.29, 0.717) is 19.3 Å². The van der Waals surface area contributed by atoms with Crippen molar-refractivity contribution in [2.75, 3.05) is 27.2 Å². The van der Waals surface area contributed by atoms with Crippen molar-refractivity contribution in [1.29, 1.82) is 0 Å². The second-order valence-electron chi connectivity index (χ2n) is 7.54. The Hall–Kier alpha value is -0.830. The average molecular weight is 408 g/mol. The minimum absolute atomic E-state index is 0.125. The van der Waals surface area contributed by atoms with Gasteiger partial charge in [-0.25, -0.2) is 0 Å². The molecule has 0 unspecified atom stereocenters. The first kappa shape index (κ1) is 26.2. The van der Waals surface area contributed by atoms with Crippen molar-refractivity contribution in [2.24, 2.45) is 11.7 Å². The molecule has 160 valence electrons. The third-order valence-corrected chi connectivity index (χ3v) is 5.54. The molecule has 0 aliphatic heterocycles. The standard InChI is InChI=1S/C17H37N4O5P/c1-6-16(27(24,25)26)19-14(10-12(2)3)17(23)20-13(15(22)11-18)8-7-9-21(4)5/h12-14,16,19H,6-11,18H2,1-5H3,(H,20,23)(H2,24,25,26)/t13-,14-,16+/m0/s1. The second-order valence-corrected chi connectivity index (χ2v) is 9.34. The molecule has 1 amide bonds. The average Bonchev–Trinajstić information content (AvgIpc) is 2.54. The Labute approximate surface area is 162 Å². The van der Waals surface area contributed by atoms with Crippen LogP contribution in [0, 0.1) is 5.92 Å². The van der Waals surface area contributed by atoms with Crippen molar-refractivity contribution < 1.29 is 23.9 Å². The first-order valence-electron chi connectivity index (χ1n) is 9.41. The zero-order valence-corrected chi connectivity index (χ0v) is 18.0. The van der Waals surface area contributed by atoms with Gasteiger partial charge in [0, 0.05) is 0 Å². The highest BCUT2D eigenvalue weighted by atomic mass is 31.2. The summed E-state index contributed by atoms with van der Waals surface area (Å²) < 4.78 is 11.6. The molecule has 0 saturated heterocycles. The van der Waals surface area contributed by atoms with Crippen LogP contribution in [0.15, 0.2) is 0 Å². The van der Waals surface area contributed by atoms with E-state index in [9.17, 15) is 23.9 Å². The van der Waals surface area contributed by atoms with Crippen molar-refractivity contribution in [3.63, 3.8) is 0 Å². The van der Waals surface area contributed by atoms with Gasteiger partial charge in [0.05, 0.1) is 18.6 Å². The number of Topliss-reactive ketones (excluding diaryl/α,β-unsaturated/α-hetero) is 1. The predicted molar refractivity (Wildman–Crippen MR) is 106 cm³/mol. The fraction of sp³-hybridized carbons (Fsp3) is 0.882. The highest BCUT2D eigenvalue weighted by Gasteiger charge is 2.33. The van der Waals surface area contributed by atoms with E-state index >= 15 is 0 Å². The highest BCUT2D eigenvalue weighted by molar-refractivity contribution is 7.52. The number of hydrogen-bond donors (Lipinski definition) is 5. The van der Waals surface area contributed by atoms with Crippen LogP contribution in [0.2, 0.25) is 0 Å². The molecule has 0 rings (SSSR count). The van der Waals surface area contributed by atoms with Crippen LogP contribution in [0.25, 0.3) is 0 Å². The molecule has 0 fully saturated rings. The predicted octanol–water partition coefficient (Wildman–Crippen LogP) is 0.259. The minimum Gasteiger partial charge on any atom is -0.345 e.